The van der Waals surface area contributed by atoms with E-state index in [1.54, 1.807) is 0 Å². The highest BCUT2D eigenvalue weighted by Gasteiger charge is 2.24. The molecule has 1 aromatic carbocycles. The van der Waals surface area contributed by atoms with Crippen molar-refractivity contribution >= 4 is 16.9 Å². The minimum atomic E-state index is -0.487. The SMILES string of the molecule is COC(=O)c1nc(CC(C)C)oc1-c1c[nH]c2ccccc12. The number of hydrogen-bond acceptors (Lipinski definition) is 4. The van der Waals surface area contributed by atoms with Crippen LogP contribution in [0.15, 0.2) is 34.9 Å². The molecule has 0 atom stereocenters. The van der Waals surface area contributed by atoms with Crippen LogP contribution in [-0.2, 0) is 11.2 Å². The van der Waals surface area contributed by atoms with Gasteiger partial charge in [0.25, 0.3) is 0 Å². The van der Waals surface area contributed by atoms with Crippen LogP contribution in [0.25, 0.3) is 22.2 Å². The molecule has 3 rings (SSSR count). The van der Waals surface area contributed by atoms with E-state index >= 15 is 0 Å². The van der Waals surface area contributed by atoms with Crippen LogP contribution in [0.3, 0.4) is 0 Å². The predicted octanol–water partition coefficient (Wildman–Crippen LogP) is 3.81. The normalized spacial score (nSPS) is 11.3. The molecule has 3 aromatic rings. The number of nitrogens with zero attached hydrogens (tertiary/aromatic N) is 1. The number of aromatic nitrogens is 2. The molecule has 0 aliphatic heterocycles. The molecule has 0 amide bonds. The molecular formula is C17H18N2O3. The lowest BCUT2D eigenvalue weighted by molar-refractivity contribution is 0.0595. The molecular weight excluding hydrogens is 280 g/mol. The summed E-state index contributed by atoms with van der Waals surface area (Å²) in [6.45, 7) is 4.15. The fourth-order valence-electron chi connectivity index (χ4n) is 2.48. The molecule has 114 valence electrons. The smallest absolute Gasteiger partial charge is 0.360 e. The molecule has 22 heavy (non-hydrogen) atoms. The maximum Gasteiger partial charge on any atom is 0.360 e. The number of aromatic amines is 1. The van der Waals surface area contributed by atoms with Crippen LogP contribution >= 0.6 is 0 Å². The summed E-state index contributed by atoms with van der Waals surface area (Å²) in [4.78, 5) is 19.5. The summed E-state index contributed by atoms with van der Waals surface area (Å²) in [5, 5.41) is 0.986. The van der Waals surface area contributed by atoms with Gasteiger partial charge in [0.15, 0.2) is 17.3 Å². The zero-order valence-electron chi connectivity index (χ0n) is 12.8. The van der Waals surface area contributed by atoms with Gasteiger partial charge in [-0.05, 0) is 12.0 Å². The number of rotatable bonds is 4. The second-order valence-corrected chi connectivity index (χ2v) is 5.62. The topological polar surface area (TPSA) is 68.1 Å². The van der Waals surface area contributed by atoms with Gasteiger partial charge in [0.05, 0.1) is 7.11 Å². The number of hydrogen-bond donors (Lipinski definition) is 1. The minimum Gasteiger partial charge on any atom is -0.464 e. The van der Waals surface area contributed by atoms with Crippen molar-refractivity contribution in [3.63, 3.8) is 0 Å². The number of oxazole rings is 1. The van der Waals surface area contributed by atoms with Crippen LogP contribution < -0.4 is 0 Å². The molecule has 0 aliphatic rings. The van der Waals surface area contributed by atoms with Crippen molar-refractivity contribution in [2.75, 3.05) is 7.11 Å². The van der Waals surface area contributed by atoms with Gasteiger partial charge in [0, 0.05) is 29.1 Å². The Labute approximate surface area is 128 Å². The number of esters is 1. The molecule has 0 radical (unpaired) electrons. The number of methoxy groups -OCH3 is 1. The summed E-state index contributed by atoms with van der Waals surface area (Å²) in [5.74, 6) is 0.912. The van der Waals surface area contributed by atoms with Gasteiger partial charge in [0.2, 0.25) is 0 Å². The molecule has 0 fully saturated rings. The highest BCUT2D eigenvalue weighted by atomic mass is 16.5. The fraction of sp³-hybridized carbons (Fsp3) is 0.294. The second-order valence-electron chi connectivity index (χ2n) is 5.62. The van der Waals surface area contributed by atoms with E-state index in [0.717, 1.165) is 16.5 Å². The molecule has 1 N–H and O–H groups in total. The summed E-state index contributed by atoms with van der Waals surface area (Å²) in [5.41, 5.74) is 2.02. The Hall–Kier alpha value is -2.56. The quantitative estimate of drug-likeness (QED) is 0.744. The number of carbonyl (C=O) groups is 1. The van der Waals surface area contributed by atoms with E-state index in [2.05, 4.69) is 23.8 Å². The zero-order chi connectivity index (χ0) is 15.7. The molecule has 0 saturated heterocycles. The summed E-state index contributed by atoms with van der Waals surface area (Å²) in [6.07, 6.45) is 2.50. The van der Waals surface area contributed by atoms with Crippen LogP contribution in [0.2, 0.25) is 0 Å². The van der Waals surface area contributed by atoms with Gasteiger partial charge in [-0.3, -0.25) is 0 Å². The number of nitrogens with one attached hydrogen (secondary N) is 1. The van der Waals surface area contributed by atoms with E-state index < -0.39 is 5.97 Å². The van der Waals surface area contributed by atoms with E-state index in [1.165, 1.54) is 7.11 Å². The first kappa shape index (κ1) is 14.4. The predicted molar refractivity (Wildman–Crippen MR) is 83.7 cm³/mol. The van der Waals surface area contributed by atoms with Gasteiger partial charge in [0.1, 0.15) is 0 Å². The van der Waals surface area contributed by atoms with E-state index in [4.69, 9.17) is 9.15 Å². The van der Waals surface area contributed by atoms with Crippen molar-refractivity contribution < 1.29 is 13.9 Å². The molecule has 5 heteroatoms. The maximum absolute atomic E-state index is 12.0. The number of H-pyrrole nitrogens is 1. The first-order valence-electron chi connectivity index (χ1n) is 7.24. The zero-order valence-corrected chi connectivity index (χ0v) is 12.8. The summed E-state index contributed by atoms with van der Waals surface area (Å²) >= 11 is 0. The van der Waals surface area contributed by atoms with Crippen molar-refractivity contribution in [2.45, 2.75) is 20.3 Å². The molecule has 0 aliphatic carbocycles. The Balaban J connectivity index is 2.15. The van der Waals surface area contributed by atoms with Crippen molar-refractivity contribution in [3.05, 3.63) is 42.0 Å². The van der Waals surface area contributed by atoms with E-state index in [-0.39, 0.29) is 5.69 Å². The Kier molecular flexibility index (Phi) is 3.71. The van der Waals surface area contributed by atoms with Gasteiger partial charge in [-0.25, -0.2) is 9.78 Å². The van der Waals surface area contributed by atoms with Gasteiger partial charge in [-0.2, -0.15) is 0 Å². The van der Waals surface area contributed by atoms with Crippen molar-refractivity contribution in [1.29, 1.82) is 0 Å². The first-order chi connectivity index (χ1) is 10.6. The summed E-state index contributed by atoms with van der Waals surface area (Å²) < 4.78 is 10.7. The minimum absolute atomic E-state index is 0.225. The molecule has 0 unspecified atom stereocenters. The van der Waals surface area contributed by atoms with Crippen LogP contribution in [0.1, 0.15) is 30.2 Å². The largest absolute Gasteiger partial charge is 0.464 e. The third kappa shape index (κ3) is 2.50. The number of para-hydroxylation sites is 1. The first-order valence-corrected chi connectivity index (χ1v) is 7.24. The van der Waals surface area contributed by atoms with Crippen molar-refractivity contribution in [1.82, 2.24) is 9.97 Å². The summed E-state index contributed by atoms with van der Waals surface area (Å²) in [7, 11) is 1.35. The van der Waals surface area contributed by atoms with Gasteiger partial charge in [-0.15, -0.1) is 0 Å². The van der Waals surface area contributed by atoms with Crippen LogP contribution in [-0.4, -0.2) is 23.0 Å². The average Bonchev–Trinajstić information content (AvgIpc) is 3.09. The maximum atomic E-state index is 12.0. The standard InChI is InChI=1S/C17H18N2O3/c1-10(2)8-14-19-15(17(20)21-3)16(22-14)12-9-18-13-7-5-4-6-11(12)13/h4-7,9-10,18H,8H2,1-3H3. The van der Waals surface area contributed by atoms with Gasteiger partial charge >= 0.3 is 5.97 Å². The van der Waals surface area contributed by atoms with Gasteiger partial charge < -0.3 is 14.1 Å². The number of ether oxygens (including phenoxy) is 1. The highest BCUT2D eigenvalue weighted by molar-refractivity contribution is 6.00. The van der Waals surface area contributed by atoms with Crippen LogP contribution in [0.4, 0.5) is 0 Å². The number of benzene rings is 1. The highest BCUT2D eigenvalue weighted by Crippen LogP contribution is 2.32. The Morgan fingerprint density at radius 1 is 1.36 bits per heavy atom. The third-order valence-electron chi connectivity index (χ3n) is 3.47. The second kappa shape index (κ2) is 5.67. The Morgan fingerprint density at radius 3 is 2.86 bits per heavy atom. The van der Waals surface area contributed by atoms with Crippen molar-refractivity contribution in [3.8, 4) is 11.3 Å². The van der Waals surface area contributed by atoms with E-state index in [0.29, 0.717) is 24.0 Å². The van der Waals surface area contributed by atoms with Crippen molar-refractivity contribution in [2.24, 2.45) is 5.92 Å². The molecule has 0 saturated carbocycles. The summed E-state index contributed by atoms with van der Waals surface area (Å²) in [6, 6.07) is 7.85. The van der Waals surface area contributed by atoms with Crippen LogP contribution in [0.5, 0.6) is 0 Å². The average molecular weight is 298 g/mol. The lowest BCUT2D eigenvalue weighted by atomic mass is 10.1. The van der Waals surface area contributed by atoms with Crippen LogP contribution in [0, 0.1) is 5.92 Å². The monoisotopic (exact) mass is 298 g/mol. The molecule has 2 heterocycles. The Morgan fingerprint density at radius 2 is 2.14 bits per heavy atom. The van der Waals surface area contributed by atoms with E-state index in [1.807, 2.05) is 30.5 Å². The molecule has 2 aromatic heterocycles. The lowest BCUT2D eigenvalue weighted by Crippen LogP contribution is -2.04. The molecule has 0 bridgehead atoms. The number of fused-ring (bicyclic) bond motifs is 1. The van der Waals surface area contributed by atoms with E-state index in [9.17, 15) is 4.79 Å². The Bertz CT molecular complexity index is 814. The number of carbonyl (C=O) groups excluding carboxylic acids is 1. The molecule has 5 nitrogen and oxygen atoms in total. The lowest BCUT2D eigenvalue weighted by Gasteiger charge is -1.99. The molecule has 0 spiro atoms. The fourth-order valence-corrected chi connectivity index (χ4v) is 2.48. The third-order valence-corrected chi connectivity index (χ3v) is 3.47. The van der Waals surface area contributed by atoms with Gasteiger partial charge in [-0.1, -0.05) is 32.0 Å².